The zero-order valence-electron chi connectivity index (χ0n) is 11.2. The molecule has 1 aromatic rings. The molecule has 0 saturated carbocycles. The smallest absolute Gasteiger partial charge is 0.0371 e. The monoisotopic (exact) mass is 310 g/mol. The molecule has 1 atom stereocenters. The number of halogens is 1. The average Bonchev–Trinajstić information content (AvgIpc) is 2.58. The molecule has 1 fully saturated rings. The van der Waals surface area contributed by atoms with E-state index in [1.54, 1.807) is 0 Å². The molecule has 1 saturated heterocycles. The molecule has 2 N–H and O–H groups in total. The van der Waals surface area contributed by atoms with Gasteiger partial charge in [0.05, 0.1) is 0 Å². The third kappa shape index (κ3) is 3.72. The molecule has 0 bridgehead atoms. The number of nitrogen functional groups attached to an aromatic ring is 1. The Balaban J connectivity index is 1.96. The van der Waals surface area contributed by atoms with Crippen molar-refractivity contribution in [3.8, 4) is 0 Å². The molecule has 18 heavy (non-hydrogen) atoms. The van der Waals surface area contributed by atoms with Crippen molar-refractivity contribution < 1.29 is 0 Å². The van der Waals surface area contributed by atoms with Crippen LogP contribution in [0.15, 0.2) is 22.7 Å². The largest absolute Gasteiger partial charge is 0.398 e. The number of nitrogens with two attached hydrogens (primary N) is 1. The molecule has 1 aliphatic rings. The fourth-order valence-corrected chi connectivity index (χ4v) is 3.12. The number of hydrogen-bond acceptors (Lipinski definition) is 2. The highest BCUT2D eigenvalue weighted by molar-refractivity contribution is 9.10. The lowest BCUT2D eigenvalue weighted by Gasteiger charge is -2.21. The second-order valence-electron chi connectivity index (χ2n) is 5.32. The van der Waals surface area contributed by atoms with Gasteiger partial charge in [-0.3, -0.25) is 4.90 Å². The first-order valence-electron chi connectivity index (χ1n) is 6.95. The third-order valence-corrected chi connectivity index (χ3v) is 4.51. The van der Waals surface area contributed by atoms with Crippen LogP contribution in [0.4, 0.5) is 5.69 Å². The molecule has 1 aliphatic heterocycles. The fraction of sp³-hybridized carbons (Fsp3) is 0.600. The average molecular weight is 311 g/mol. The molecule has 1 unspecified atom stereocenters. The maximum atomic E-state index is 6.07. The molecule has 2 nitrogen and oxygen atoms in total. The van der Waals surface area contributed by atoms with E-state index in [9.17, 15) is 0 Å². The Morgan fingerprint density at radius 2 is 2.17 bits per heavy atom. The van der Waals surface area contributed by atoms with Crippen LogP contribution in [0.1, 0.15) is 38.2 Å². The Labute approximate surface area is 119 Å². The van der Waals surface area contributed by atoms with Crippen LogP contribution in [0.25, 0.3) is 0 Å². The van der Waals surface area contributed by atoms with Gasteiger partial charge in [-0.2, -0.15) is 0 Å². The van der Waals surface area contributed by atoms with Gasteiger partial charge in [0, 0.05) is 16.7 Å². The number of likely N-dealkylation sites (tertiary alicyclic amines) is 1. The third-order valence-electron chi connectivity index (χ3n) is 4.02. The Bertz CT molecular complexity index is 392. The van der Waals surface area contributed by atoms with E-state index in [0.29, 0.717) is 0 Å². The molecule has 0 aliphatic carbocycles. The van der Waals surface area contributed by atoms with Crippen LogP contribution >= 0.6 is 15.9 Å². The minimum absolute atomic E-state index is 0.903. The van der Waals surface area contributed by atoms with E-state index in [1.165, 1.54) is 44.3 Å². The molecule has 0 spiro atoms. The van der Waals surface area contributed by atoms with Gasteiger partial charge in [-0.25, -0.2) is 0 Å². The highest BCUT2D eigenvalue weighted by Crippen LogP contribution is 2.24. The minimum atomic E-state index is 0.903. The Morgan fingerprint density at radius 1 is 1.33 bits per heavy atom. The predicted octanol–water partition coefficient (Wildman–Crippen LogP) is 4.04. The first kappa shape index (κ1) is 13.9. The summed E-state index contributed by atoms with van der Waals surface area (Å²) in [6, 6.07) is 6.22. The first-order valence-corrected chi connectivity index (χ1v) is 7.74. The Hall–Kier alpha value is -0.540. The lowest BCUT2D eigenvalue weighted by atomic mass is 9.98. The Kier molecular flexibility index (Phi) is 5.07. The van der Waals surface area contributed by atoms with E-state index in [4.69, 9.17) is 5.73 Å². The van der Waals surface area contributed by atoms with Gasteiger partial charge in [0.2, 0.25) is 0 Å². The number of nitrogens with zero attached hydrogens (tertiary/aromatic N) is 1. The van der Waals surface area contributed by atoms with Gasteiger partial charge in [0.1, 0.15) is 0 Å². The zero-order valence-corrected chi connectivity index (χ0v) is 12.7. The summed E-state index contributed by atoms with van der Waals surface area (Å²) in [6.07, 6.45) is 5.39. The van der Waals surface area contributed by atoms with E-state index in [2.05, 4.69) is 39.9 Å². The summed E-state index contributed by atoms with van der Waals surface area (Å²) in [6.45, 7) is 5.74. The van der Waals surface area contributed by atoms with Crippen molar-refractivity contribution in [2.75, 3.05) is 18.8 Å². The maximum Gasteiger partial charge on any atom is 0.0371 e. The molecule has 1 heterocycles. The highest BCUT2D eigenvalue weighted by Gasteiger charge is 2.16. The van der Waals surface area contributed by atoms with Crippen LogP contribution in [0, 0.1) is 5.92 Å². The summed E-state index contributed by atoms with van der Waals surface area (Å²) in [4.78, 5) is 2.55. The van der Waals surface area contributed by atoms with Crippen LogP contribution in [0.3, 0.4) is 0 Å². The van der Waals surface area contributed by atoms with Crippen molar-refractivity contribution in [3.05, 3.63) is 28.2 Å². The predicted molar refractivity (Wildman–Crippen MR) is 81.5 cm³/mol. The van der Waals surface area contributed by atoms with Gasteiger partial charge in [0.15, 0.2) is 0 Å². The molecule has 1 aromatic carbocycles. The van der Waals surface area contributed by atoms with Crippen molar-refractivity contribution in [2.45, 2.75) is 39.2 Å². The summed E-state index contributed by atoms with van der Waals surface area (Å²) in [5, 5.41) is 0. The van der Waals surface area contributed by atoms with Gasteiger partial charge in [-0.05, 0) is 56.0 Å². The van der Waals surface area contributed by atoms with E-state index in [0.717, 1.165) is 22.6 Å². The quantitative estimate of drug-likeness (QED) is 0.854. The van der Waals surface area contributed by atoms with Gasteiger partial charge < -0.3 is 5.73 Å². The van der Waals surface area contributed by atoms with E-state index in [1.807, 2.05) is 6.07 Å². The van der Waals surface area contributed by atoms with Gasteiger partial charge in [0.25, 0.3) is 0 Å². The SMILES string of the molecule is CCC1CCCN(Cc2ccc(Br)cc2N)CC1. The number of rotatable bonds is 3. The fourth-order valence-electron chi connectivity index (χ4n) is 2.74. The second kappa shape index (κ2) is 6.58. The van der Waals surface area contributed by atoms with Crippen LogP contribution in [-0.4, -0.2) is 18.0 Å². The lowest BCUT2D eigenvalue weighted by Crippen LogP contribution is -2.24. The Morgan fingerprint density at radius 3 is 2.89 bits per heavy atom. The minimum Gasteiger partial charge on any atom is -0.398 e. The number of anilines is 1. The zero-order chi connectivity index (χ0) is 13.0. The van der Waals surface area contributed by atoms with E-state index >= 15 is 0 Å². The summed E-state index contributed by atoms with van der Waals surface area (Å²) >= 11 is 3.46. The molecule has 0 radical (unpaired) electrons. The van der Waals surface area contributed by atoms with E-state index in [-0.39, 0.29) is 0 Å². The maximum absolute atomic E-state index is 6.07. The van der Waals surface area contributed by atoms with Crippen molar-refractivity contribution in [3.63, 3.8) is 0 Å². The topological polar surface area (TPSA) is 29.3 Å². The normalized spacial score (nSPS) is 21.8. The summed E-state index contributed by atoms with van der Waals surface area (Å²) in [5.41, 5.74) is 8.24. The first-order chi connectivity index (χ1) is 8.69. The van der Waals surface area contributed by atoms with E-state index < -0.39 is 0 Å². The highest BCUT2D eigenvalue weighted by atomic mass is 79.9. The van der Waals surface area contributed by atoms with Crippen molar-refractivity contribution in [1.29, 1.82) is 0 Å². The standard InChI is InChI=1S/C15H23BrN2/c1-2-12-4-3-8-18(9-7-12)11-13-5-6-14(16)10-15(13)17/h5-6,10,12H,2-4,7-9,11,17H2,1H3. The summed E-state index contributed by atoms with van der Waals surface area (Å²) in [5.74, 6) is 0.928. The van der Waals surface area contributed by atoms with Crippen LogP contribution in [0.2, 0.25) is 0 Å². The van der Waals surface area contributed by atoms with Crippen molar-refractivity contribution in [2.24, 2.45) is 5.92 Å². The van der Waals surface area contributed by atoms with Gasteiger partial charge in [-0.1, -0.05) is 35.3 Å². The van der Waals surface area contributed by atoms with Crippen molar-refractivity contribution in [1.82, 2.24) is 4.90 Å². The summed E-state index contributed by atoms with van der Waals surface area (Å²) < 4.78 is 1.06. The molecule has 0 amide bonds. The molecule has 2 rings (SSSR count). The number of benzene rings is 1. The van der Waals surface area contributed by atoms with Crippen molar-refractivity contribution >= 4 is 21.6 Å². The summed E-state index contributed by atoms with van der Waals surface area (Å²) in [7, 11) is 0. The van der Waals surface area contributed by atoms with Gasteiger partial charge >= 0.3 is 0 Å². The number of hydrogen-bond donors (Lipinski definition) is 1. The van der Waals surface area contributed by atoms with Crippen LogP contribution < -0.4 is 5.73 Å². The molecular formula is C15H23BrN2. The second-order valence-corrected chi connectivity index (χ2v) is 6.24. The lowest BCUT2D eigenvalue weighted by molar-refractivity contribution is 0.272. The molecule has 3 heteroatoms. The molecular weight excluding hydrogens is 288 g/mol. The molecule has 100 valence electrons. The van der Waals surface area contributed by atoms with Crippen LogP contribution in [-0.2, 0) is 6.54 Å². The van der Waals surface area contributed by atoms with Gasteiger partial charge in [-0.15, -0.1) is 0 Å². The molecule has 0 aromatic heterocycles. The van der Waals surface area contributed by atoms with Crippen LogP contribution in [0.5, 0.6) is 0 Å².